The number of aromatic nitrogens is 4. The minimum absolute atomic E-state index is 0. The van der Waals surface area contributed by atoms with Crippen LogP contribution in [0.3, 0.4) is 0 Å². The standard InChI is InChI=1S/C22H15N2.C16H11N2.2C5H12O2.2Ir/c1-4-10-17(11-5-1)20-21(18-12-6-2-7-13-18)23-16-24-22(20)19-14-8-3-9-15-19;1-3-7-13(8-4-1)15-11-17-12-18-16(15)14-9-5-2-6-10-14;2*1-4(6)3-5(2)7;;/h1-14,16H;1-9,11-12H;2*4-7H,3H2,1-2H3;;/q2*-1;;;;. The number of aliphatic hydroxyl groups is 4. The average molecular weight is 1130 g/mol. The zero-order valence-corrected chi connectivity index (χ0v) is 37.8. The maximum atomic E-state index is 8.56. The molecule has 4 unspecified atom stereocenters. The largest absolute Gasteiger partial charge is 0.393 e. The molecule has 4 N–H and O–H groups in total. The Morgan fingerprint density at radius 1 is 0.448 bits per heavy atom. The SMILES string of the molecule is CC(O)CC(C)O.CC(O)CC(C)O.[Ir].[Ir].[c-]1ccccc1-c1ncnc(-c2ccccc2)c1-c1ccccc1.[c-]1ccccc1-c1ncncc1-c1ccccc1. The van der Waals surface area contributed by atoms with Crippen molar-refractivity contribution in [1.29, 1.82) is 0 Å². The maximum absolute atomic E-state index is 8.56. The van der Waals surface area contributed by atoms with Crippen LogP contribution in [0, 0.1) is 12.1 Å². The first-order chi connectivity index (χ1) is 27.1. The minimum atomic E-state index is -0.375. The van der Waals surface area contributed by atoms with E-state index in [2.05, 4.69) is 68.5 Å². The van der Waals surface area contributed by atoms with Crippen molar-refractivity contribution in [3.63, 3.8) is 0 Å². The second-order valence-corrected chi connectivity index (χ2v) is 13.2. The summed E-state index contributed by atoms with van der Waals surface area (Å²) >= 11 is 0. The first kappa shape index (κ1) is 49.5. The van der Waals surface area contributed by atoms with Gasteiger partial charge in [0, 0.05) is 52.0 Å². The van der Waals surface area contributed by atoms with Crippen LogP contribution in [0.25, 0.3) is 56.0 Å². The summed E-state index contributed by atoms with van der Waals surface area (Å²) in [6.45, 7) is 6.64. The van der Waals surface area contributed by atoms with Crippen molar-refractivity contribution in [2.75, 3.05) is 0 Å². The number of nitrogens with zero attached hydrogens (tertiary/aromatic N) is 4. The Hall–Kier alpha value is -4.60. The number of hydrogen-bond acceptors (Lipinski definition) is 8. The third kappa shape index (κ3) is 16.7. The molecule has 8 nitrogen and oxygen atoms in total. The van der Waals surface area contributed by atoms with E-state index in [0.29, 0.717) is 12.8 Å². The Balaban J connectivity index is 0.000000301. The van der Waals surface area contributed by atoms with Crippen molar-refractivity contribution < 1.29 is 60.6 Å². The fraction of sp³-hybridized carbons (Fsp3) is 0.208. The Labute approximate surface area is 369 Å². The van der Waals surface area contributed by atoms with E-state index < -0.39 is 0 Å². The minimum Gasteiger partial charge on any atom is -0.393 e. The summed E-state index contributed by atoms with van der Waals surface area (Å²) in [6, 6.07) is 52.9. The van der Waals surface area contributed by atoms with Gasteiger partial charge >= 0.3 is 0 Å². The van der Waals surface area contributed by atoms with Crippen molar-refractivity contribution in [3.8, 4) is 56.0 Å². The molecular weight excluding hydrogens is 1080 g/mol. The molecule has 58 heavy (non-hydrogen) atoms. The van der Waals surface area contributed by atoms with E-state index in [1.54, 1.807) is 40.3 Å². The molecule has 5 aromatic carbocycles. The number of rotatable bonds is 9. The van der Waals surface area contributed by atoms with E-state index in [4.69, 9.17) is 20.4 Å². The zero-order chi connectivity index (χ0) is 40.1. The van der Waals surface area contributed by atoms with Gasteiger partial charge in [-0.15, -0.1) is 71.8 Å². The quantitative estimate of drug-likeness (QED) is 0.105. The van der Waals surface area contributed by atoms with Gasteiger partial charge in [0.2, 0.25) is 0 Å². The van der Waals surface area contributed by atoms with Crippen LogP contribution >= 0.6 is 0 Å². The molecule has 4 atom stereocenters. The van der Waals surface area contributed by atoms with Gasteiger partial charge in [-0.1, -0.05) is 91.0 Å². The van der Waals surface area contributed by atoms with Crippen LogP contribution in [0.2, 0.25) is 0 Å². The molecule has 0 amide bonds. The molecule has 0 saturated carbocycles. The van der Waals surface area contributed by atoms with Crippen LogP contribution in [0.15, 0.2) is 158 Å². The van der Waals surface area contributed by atoms with Crippen LogP contribution in [0.5, 0.6) is 0 Å². The molecule has 306 valence electrons. The van der Waals surface area contributed by atoms with Gasteiger partial charge < -0.3 is 20.4 Å². The normalized spacial score (nSPS) is 12.1. The van der Waals surface area contributed by atoms with E-state index >= 15 is 0 Å². The van der Waals surface area contributed by atoms with Crippen molar-refractivity contribution in [2.24, 2.45) is 0 Å². The first-order valence-electron chi connectivity index (χ1n) is 18.6. The summed E-state index contributed by atoms with van der Waals surface area (Å²) in [4.78, 5) is 17.7. The van der Waals surface area contributed by atoms with E-state index in [0.717, 1.165) is 56.0 Å². The van der Waals surface area contributed by atoms with Gasteiger partial charge in [-0.05, 0) is 74.2 Å². The van der Waals surface area contributed by atoms with Crippen LogP contribution in [0.4, 0.5) is 0 Å². The van der Waals surface area contributed by atoms with Crippen molar-refractivity contribution in [3.05, 3.63) is 171 Å². The van der Waals surface area contributed by atoms with Gasteiger partial charge in [0.05, 0.1) is 30.1 Å². The van der Waals surface area contributed by atoms with Gasteiger partial charge in [-0.25, -0.2) is 9.97 Å². The molecule has 10 heteroatoms. The van der Waals surface area contributed by atoms with Crippen LogP contribution in [-0.4, -0.2) is 64.8 Å². The molecular formula is C48H50Ir2N4O4-2. The predicted molar refractivity (Wildman–Crippen MR) is 225 cm³/mol. The van der Waals surface area contributed by atoms with E-state index in [1.165, 1.54) is 0 Å². The smallest absolute Gasteiger partial charge is 0.106 e. The van der Waals surface area contributed by atoms with Crippen molar-refractivity contribution in [1.82, 2.24) is 19.9 Å². The average Bonchev–Trinajstić information content (AvgIpc) is 3.22. The summed E-state index contributed by atoms with van der Waals surface area (Å²) in [5.74, 6) is 0. The van der Waals surface area contributed by atoms with E-state index in [-0.39, 0.29) is 64.6 Å². The molecule has 0 bridgehead atoms. The molecule has 2 radical (unpaired) electrons. The fourth-order valence-electron chi connectivity index (χ4n) is 5.72. The van der Waals surface area contributed by atoms with Crippen molar-refractivity contribution >= 4 is 0 Å². The maximum Gasteiger partial charge on any atom is 0.106 e. The second-order valence-electron chi connectivity index (χ2n) is 13.2. The molecule has 0 spiro atoms. The third-order valence-electron chi connectivity index (χ3n) is 8.05. The summed E-state index contributed by atoms with van der Waals surface area (Å²) < 4.78 is 0. The Morgan fingerprint density at radius 2 is 0.845 bits per heavy atom. The number of benzene rings is 5. The molecule has 7 aromatic rings. The molecule has 0 aliphatic carbocycles. The molecule has 2 aromatic heterocycles. The fourth-order valence-corrected chi connectivity index (χ4v) is 5.72. The number of hydrogen-bond donors (Lipinski definition) is 4. The topological polar surface area (TPSA) is 132 Å². The summed E-state index contributed by atoms with van der Waals surface area (Å²) in [6.07, 6.45) is 4.49. The van der Waals surface area contributed by atoms with Crippen LogP contribution < -0.4 is 0 Å². The molecule has 0 fully saturated rings. The van der Waals surface area contributed by atoms with Crippen molar-refractivity contribution in [2.45, 2.75) is 65.0 Å². The Kier molecular flexibility index (Phi) is 23.2. The second kappa shape index (κ2) is 27.2. The Morgan fingerprint density at radius 3 is 1.28 bits per heavy atom. The predicted octanol–water partition coefficient (Wildman–Crippen LogP) is 9.16. The third-order valence-corrected chi connectivity index (χ3v) is 8.05. The van der Waals surface area contributed by atoms with Crippen LogP contribution in [0.1, 0.15) is 40.5 Å². The molecule has 0 aliphatic heterocycles. The zero-order valence-electron chi connectivity index (χ0n) is 33.0. The van der Waals surface area contributed by atoms with Gasteiger partial charge in [-0.3, -0.25) is 9.97 Å². The van der Waals surface area contributed by atoms with Crippen LogP contribution in [-0.2, 0) is 40.2 Å². The van der Waals surface area contributed by atoms with Gasteiger partial charge in [-0.2, -0.15) is 0 Å². The summed E-state index contributed by atoms with van der Waals surface area (Å²) in [7, 11) is 0. The molecule has 0 saturated heterocycles. The Bertz CT molecular complexity index is 1970. The van der Waals surface area contributed by atoms with E-state index in [1.807, 2.05) is 109 Å². The first-order valence-corrected chi connectivity index (χ1v) is 18.6. The van der Waals surface area contributed by atoms with Gasteiger partial charge in [0.25, 0.3) is 0 Å². The summed E-state index contributed by atoms with van der Waals surface area (Å²) in [5, 5.41) is 34.3. The summed E-state index contributed by atoms with van der Waals surface area (Å²) in [5.41, 5.74) is 10.1. The molecule has 7 rings (SSSR count). The number of aliphatic hydroxyl groups excluding tert-OH is 4. The molecule has 2 heterocycles. The van der Waals surface area contributed by atoms with E-state index in [9.17, 15) is 0 Å². The monoisotopic (exact) mass is 1130 g/mol. The van der Waals surface area contributed by atoms with Gasteiger partial charge in [0.1, 0.15) is 12.7 Å². The van der Waals surface area contributed by atoms with Gasteiger partial charge in [0.15, 0.2) is 0 Å². The molecule has 0 aliphatic rings.